The van der Waals surface area contributed by atoms with E-state index >= 15 is 0 Å². The van der Waals surface area contributed by atoms with Gasteiger partial charge in [0, 0.05) is 26.4 Å². The lowest BCUT2D eigenvalue weighted by atomic mass is 9.99. The Morgan fingerprint density at radius 2 is 2.02 bits per heavy atom. The Kier molecular flexibility index (Phi) is 8.03. The van der Waals surface area contributed by atoms with Crippen LogP contribution in [0.25, 0.3) is 17.1 Å². The molecule has 0 radical (unpaired) electrons. The number of alkyl halides is 3. The molecule has 4 heterocycles. The van der Waals surface area contributed by atoms with Gasteiger partial charge in [-0.2, -0.15) is 13.2 Å². The number of nitrogens with one attached hydrogen (secondary N) is 1. The number of rotatable bonds is 8. The molecule has 0 spiro atoms. The van der Waals surface area contributed by atoms with Crippen LogP contribution in [0.1, 0.15) is 29.8 Å². The molecule has 0 saturated heterocycles. The number of anilines is 1. The zero-order chi connectivity index (χ0) is 30.4. The van der Waals surface area contributed by atoms with Gasteiger partial charge in [0.15, 0.2) is 0 Å². The third-order valence-electron chi connectivity index (χ3n) is 7.19. The molecule has 2 aromatic heterocycles. The molecule has 1 aromatic carbocycles. The van der Waals surface area contributed by atoms with Crippen LogP contribution in [0.4, 0.5) is 19.0 Å². The van der Waals surface area contributed by atoms with E-state index in [9.17, 15) is 13.2 Å². The molecule has 2 aliphatic heterocycles. The summed E-state index contributed by atoms with van der Waals surface area (Å²) in [6, 6.07) is 3.46. The Balaban J connectivity index is 1.58. The first kappa shape index (κ1) is 29.9. The summed E-state index contributed by atoms with van der Waals surface area (Å²) in [5.41, 5.74) is 5.45. The lowest BCUT2D eigenvalue weighted by Crippen LogP contribution is -2.44. The number of hydrogen-bond donors (Lipinski definition) is 2. The highest BCUT2D eigenvalue weighted by Gasteiger charge is 2.38. The van der Waals surface area contributed by atoms with Crippen molar-refractivity contribution < 1.29 is 22.6 Å². The Bertz CT molecular complexity index is 1670. The predicted octanol–water partition coefficient (Wildman–Crippen LogP) is 4.99. The first-order valence-corrected chi connectivity index (χ1v) is 17.5. The highest BCUT2D eigenvalue weighted by molar-refractivity contribution is 6.76. The van der Waals surface area contributed by atoms with Gasteiger partial charge in [0.1, 0.15) is 37.0 Å². The maximum atomic E-state index is 14.2. The van der Waals surface area contributed by atoms with E-state index < -0.39 is 19.8 Å². The van der Waals surface area contributed by atoms with Gasteiger partial charge < -0.3 is 30.0 Å². The van der Waals surface area contributed by atoms with Crippen molar-refractivity contribution in [3.05, 3.63) is 69.5 Å². The normalized spacial score (nSPS) is 15.5. The minimum atomic E-state index is -4.68. The molecule has 0 saturated carbocycles. The molecule has 9 nitrogen and oxygen atoms in total. The van der Waals surface area contributed by atoms with E-state index in [4.69, 9.17) is 26.8 Å². The van der Waals surface area contributed by atoms with E-state index in [2.05, 4.69) is 39.9 Å². The summed E-state index contributed by atoms with van der Waals surface area (Å²) in [5, 5.41) is 4.14. The Morgan fingerprint density at radius 1 is 1.26 bits per heavy atom. The van der Waals surface area contributed by atoms with Crippen molar-refractivity contribution in [3.8, 4) is 17.0 Å². The van der Waals surface area contributed by atoms with Crippen molar-refractivity contribution in [1.29, 1.82) is 0 Å². The minimum absolute atomic E-state index is 0.0229. The maximum Gasteiger partial charge on any atom is 0.418 e. The molecule has 3 N–H and O–H groups in total. The lowest BCUT2D eigenvalue weighted by Gasteiger charge is -2.31. The zero-order valence-corrected chi connectivity index (χ0v) is 25.8. The molecular formula is C28H33ClF3N7O2Si. The van der Waals surface area contributed by atoms with Gasteiger partial charge in [-0.1, -0.05) is 31.2 Å². The second-order valence-corrected chi connectivity index (χ2v) is 17.5. The van der Waals surface area contributed by atoms with Crippen molar-refractivity contribution in [2.24, 2.45) is 4.99 Å². The van der Waals surface area contributed by atoms with Crippen LogP contribution in [0.15, 0.2) is 42.1 Å². The molecule has 42 heavy (non-hydrogen) atoms. The molecule has 3 aromatic rings. The second kappa shape index (κ2) is 11.3. The van der Waals surface area contributed by atoms with Crippen molar-refractivity contribution in [2.45, 2.75) is 58.5 Å². The van der Waals surface area contributed by atoms with Gasteiger partial charge in [-0.15, -0.1) is 0 Å². The fourth-order valence-electron chi connectivity index (χ4n) is 5.05. The number of nitrogens with two attached hydrogens (primary N) is 1. The zero-order valence-electron chi connectivity index (χ0n) is 24.0. The molecule has 5 rings (SSSR count). The van der Waals surface area contributed by atoms with E-state index in [0.29, 0.717) is 29.7 Å². The summed E-state index contributed by atoms with van der Waals surface area (Å²) < 4.78 is 56.3. The Labute approximate surface area is 247 Å². The van der Waals surface area contributed by atoms with Crippen molar-refractivity contribution in [1.82, 2.24) is 24.8 Å². The summed E-state index contributed by atoms with van der Waals surface area (Å²) in [5.74, 6) is 0.868. The maximum absolute atomic E-state index is 14.2. The molecule has 1 unspecified atom stereocenters. The Morgan fingerprint density at radius 3 is 2.74 bits per heavy atom. The number of hydrogen-bond acceptors (Lipinski definition) is 8. The Hall–Kier alpha value is -3.55. The second-order valence-electron chi connectivity index (χ2n) is 11.5. The molecule has 0 bridgehead atoms. The molecule has 1 atom stereocenters. The van der Waals surface area contributed by atoms with Gasteiger partial charge in [0.2, 0.25) is 0 Å². The average molecular weight is 620 g/mol. The molecular weight excluding hydrogens is 587 g/mol. The molecule has 0 aliphatic carbocycles. The number of nitrogen functional groups attached to an aromatic ring is 1. The first-order chi connectivity index (χ1) is 19.8. The summed E-state index contributed by atoms with van der Waals surface area (Å²) >= 11 is 6.81. The van der Waals surface area contributed by atoms with Gasteiger partial charge in [-0.25, -0.2) is 9.97 Å². The largest absolute Gasteiger partial charge is 0.463 e. The van der Waals surface area contributed by atoms with E-state index in [1.807, 2.05) is 16.4 Å². The van der Waals surface area contributed by atoms with Crippen molar-refractivity contribution in [3.63, 3.8) is 0 Å². The van der Waals surface area contributed by atoms with Gasteiger partial charge in [-0.05, 0) is 37.6 Å². The third kappa shape index (κ3) is 5.85. The van der Waals surface area contributed by atoms with Crippen LogP contribution < -0.4 is 26.4 Å². The van der Waals surface area contributed by atoms with Crippen molar-refractivity contribution in [2.75, 3.05) is 19.0 Å². The van der Waals surface area contributed by atoms with Gasteiger partial charge in [-0.3, -0.25) is 4.99 Å². The standard InChI is InChI=1S/C28H33ClF3N7O2Si/c1-16-10-21(33)37-25(23(16)28(30,31)32)18-11-20-22-26(24(18)29)35-13-36-27(22)39(6-7-41-20)17(2)19-12-34-14-38(19)15-40-8-9-42(3,4)5/h6-7,10-12,14,17,36H,8-9,13,15H2,1-5H3,(H2,33,37). The fourth-order valence-corrected chi connectivity index (χ4v) is 6.11. The smallest absolute Gasteiger partial charge is 0.418 e. The summed E-state index contributed by atoms with van der Waals surface area (Å²) in [6.07, 6.45) is 2.06. The number of halogens is 4. The number of aromatic nitrogens is 3. The van der Waals surface area contributed by atoms with Gasteiger partial charge >= 0.3 is 6.18 Å². The predicted molar refractivity (Wildman–Crippen MR) is 157 cm³/mol. The monoisotopic (exact) mass is 619 g/mol. The van der Waals surface area contributed by atoms with Crippen LogP contribution in [0.5, 0.6) is 5.75 Å². The van der Waals surface area contributed by atoms with E-state index in [0.717, 1.165) is 11.7 Å². The molecule has 0 fully saturated rings. The van der Waals surface area contributed by atoms with E-state index in [-0.39, 0.29) is 46.1 Å². The highest BCUT2D eigenvalue weighted by Crippen LogP contribution is 2.41. The summed E-state index contributed by atoms with van der Waals surface area (Å²) in [4.78, 5) is 14.9. The highest BCUT2D eigenvalue weighted by atomic mass is 35.5. The van der Waals surface area contributed by atoms with Crippen LogP contribution in [0.2, 0.25) is 30.7 Å². The van der Waals surface area contributed by atoms with Crippen LogP contribution in [0.3, 0.4) is 0 Å². The minimum Gasteiger partial charge on any atom is -0.463 e. The molecule has 14 heteroatoms. The van der Waals surface area contributed by atoms with Crippen LogP contribution in [0, 0.1) is 6.92 Å². The fraction of sp³-hybridized carbons (Fsp3) is 0.393. The van der Waals surface area contributed by atoms with E-state index in [1.165, 1.54) is 25.3 Å². The number of pyridine rings is 1. The van der Waals surface area contributed by atoms with Gasteiger partial charge in [0.05, 0.1) is 51.1 Å². The van der Waals surface area contributed by atoms with Crippen LogP contribution in [-0.4, -0.2) is 40.8 Å². The van der Waals surface area contributed by atoms with Gasteiger partial charge in [0.25, 0.3) is 0 Å². The van der Waals surface area contributed by atoms with Crippen molar-refractivity contribution >= 4 is 31.3 Å². The lowest BCUT2D eigenvalue weighted by molar-refractivity contribution is -0.137. The number of imidazole rings is 1. The van der Waals surface area contributed by atoms with Crippen LogP contribution in [-0.2, 0) is 17.6 Å². The quantitative estimate of drug-likeness (QED) is 0.270. The topological polar surface area (TPSA) is 103 Å². The number of ether oxygens (including phenoxy) is 2. The number of aryl methyl sites for hydroxylation is 1. The third-order valence-corrected chi connectivity index (χ3v) is 9.28. The molecule has 0 amide bonds. The first-order valence-electron chi connectivity index (χ1n) is 13.5. The number of nitrogens with zero attached hydrogens (tertiary/aromatic N) is 5. The summed E-state index contributed by atoms with van der Waals surface area (Å²) in [7, 11) is -1.22. The molecule has 224 valence electrons. The van der Waals surface area contributed by atoms with Crippen LogP contribution >= 0.6 is 11.6 Å². The summed E-state index contributed by atoms with van der Waals surface area (Å²) in [6.45, 7) is 11.5. The SMILES string of the molecule is Cc1cc(N)nc(-c2cc3c4c(c2Cl)=NCNC=4N(C(C)c2cncn2COCC[Si](C)(C)C)C=CO3)c1C(F)(F)F. The van der Waals surface area contributed by atoms with E-state index in [1.54, 1.807) is 18.7 Å². The average Bonchev–Trinajstić information content (AvgIpc) is 3.28. The number of benzene rings is 1. The molecule has 2 aliphatic rings.